The Morgan fingerprint density at radius 1 is 0.875 bits per heavy atom. The van der Waals surface area contributed by atoms with Crippen molar-refractivity contribution < 1.29 is 0 Å². The fraction of sp³-hybridized carbons (Fsp3) is 0. The van der Waals surface area contributed by atoms with Gasteiger partial charge >= 0.3 is 0 Å². The van der Waals surface area contributed by atoms with E-state index in [0.717, 1.165) is 0 Å². The molecule has 2 heteroatoms. The molecule has 0 amide bonds. The summed E-state index contributed by atoms with van der Waals surface area (Å²) in [7, 11) is 2.82. The van der Waals surface area contributed by atoms with Crippen LogP contribution >= 0.6 is 16.4 Å². The molecule has 0 aromatic carbocycles. The predicted molar refractivity (Wildman–Crippen MR) is 42.1 cm³/mol. The standard InChI is InChI=1S/C6H4P2/c1-3-7-5(1)6-2-4-8-6/h1-4H. The number of hydrogen-bond donors (Lipinski definition) is 0. The second kappa shape index (κ2) is 1.65. The molecule has 0 aromatic heterocycles. The van der Waals surface area contributed by atoms with Crippen molar-refractivity contribution in [1.82, 2.24) is 0 Å². The first kappa shape index (κ1) is 4.68. The topological polar surface area (TPSA) is 0 Å². The molecule has 0 fully saturated rings. The highest BCUT2D eigenvalue weighted by atomic mass is 31.1. The van der Waals surface area contributed by atoms with Crippen molar-refractivity contribution in [2.24, 2.45) is 0 Å². The number of allylic oxidation sites excluding steroid dienone is 2. The van der Waals surface area contributed by atoms with Gasteiger partial charge in [0, 0.05) is 10.6 Å². The minimum Gasteiger partial charge on any atom is -0.0674 e. The SMILES string of the molecule is C1=CC(C2=PC=C2)=P1. The van der Waals surface area contributed by atoms with E-state index in [9.17, 15) is 0 Å². The van der Waals surface area contributed by atoms with E-state index >= 15 is 0 Å². The predicted octanol–water partition coefficient (Wildman–Crippen LogP) is 2.28. The first-order valence-corrected chi connectivity index (χ1v) is 4.38. The third kappa shape index (κ3) is 0.540. The second-order valence-electron chi connectivity index (χ2n) is 1.66. The minimum absolute atomic E-state index is 1.41. The Hall–Kier alpha value is -0.180. The molecule has 0 saturated heterocycles. The summed E-state index contributed by atoms with van der Waals surface area (Å²) in [5, 5.41) is 3.02. The summed E-state index contributed by atoms with van der Waals surface area (Å²) in [5.74, 6) is 4.34. The molecule has 2 aliphatic heterocycles. The van der Waals surface area contributed by atoms with Crippen LogP contribution < -0.4 is 0 Å². The maximum atomic E-state index is 2.19. The van der Waals surface area contributed by atoms with E-state index in [1.54, 1.807) is 0 Å². The lowest BCUT2D eigenvalue weighted by Gasteiger charge is -2.09. The van der Waals surface area contributed by atoms with Crippen molar-refractivity contribution in [3.63, 3.8) is 0 Å². The van der Waals surface area contributed by atoms with Crippen LogP contribution in [0.1, 0.15) is 0 Å². The van der Waals surface area contributed by atoms with E-state index in [-0.39, 0.29) is 0 Å². The molecule has 2 rings (SSSR count). The van der Waals surface area contributed by atoms with Gasteiger partial charge in [0.15, 0.2) is 0 Å². The summed E-state index contributed by atoms with van der Waals surface area (Å²) in [6.07, 6.45) is 4.38. The zero-order valence-electron chi connectivity index (χ0n) is 4.20. The lowest BCUT2D eigenvalue weighted by Crippen LogP contribution is -2.08. The van der Waals surface area contributed by atoms with Gasteiger partial charge in [-0.2, -0.15) is 0 Å². The molecular formula is C6H4P2. The van der Waals surface area contributed by atoms with Crippen LogP contribution in [-0.4, -0.2) is 10.6 Å². The van der Waals surface area contributed by atoms with Gasteiger partial charge < -0.3 is 0 Å². The van der Waals surface area contributed by atoms with Gasteiger partial charge in [-0.25, -0.2) is 0 Å². The van der Waals surface area contributed by atoms with Crippen LogP contribution in [0.25, 0.3) is 0 Å². The molecule has 0 atom stereocenters. The molecule has 0 aromatic rings. The highest BCUT2D eigenvalue weighted by molar-refractivity contribution is 7.60. The van der Waals surface area contributed by atoms with Crippen molar-refractivity contribution in [2.75, 3.05) is 0 Å². The van der Waals surface area contributed by atoms with Gasteiger partial charge in [0.05, 0.1) is 0 Å². The van der Waals surface area contributed by atoms with E-state index in [1.807, 2.05) is 0 Å². The van der Waals surface area contributed by atoms with E-state index in [0.29, 0.717) is 0 Å². The number of rotatable bonds is 1. The molecule has 2 heterocycles. The molecule has 0 aliphatic carbocycles. The van der Waals surface area contributed by atoms with Crippen LogP contribution in [-0.2, 0) is 0 Å². The van der Waals surface area contributed by atoms with Crippen LogP contribution in [0.4, 0.5) is 0 Å². The highest BCUT2D eigenvalue weighted by Gasteiger charge is 2.06. The Balaban J connectivity index is 2.19. The molecule has 8 heavy (non-hydrogen) atoms. The summed E-state index contributed by atoms with van der Waals surface area (Å²) in [6, 6.07) is 0. The minimum atomic E-state index is 1.41. The molecule has 0 nitrogen and oxygen atoms in total. The zero-order chi connectivity index (χ0) is 5.40. The van der Waals surface area contributed by atoms with Gasteiger partial charge in [0.25, 0.3) is 0 Å². The van der Waals surface area contributed by atoms with Gasteiger partial charge in [0.2, 0.25) is 0 Å². The zero-order valence-corrected chi connectivity index (χ0v) is 5.99. The van der Waals surface area contributed by atoms with Crippen LogP contribution in [0.2, 0.25) is 0 Å². The Kier molecular flexibility index (Phi) is 0.966. The molecule has 0 unspecified atom stereocenters. The van der Waals surface area contributed by atoms with Crippen LogP contribution in [0.3, 0.4) is 0 Å². The Labute approximate surface area is 51.5 Å². The van der Waals surface area contributed by atoms with Gasteiger partial charge in [-0.05, 0) is 23.8 Å². The largest absolute Gasteiger partial charge is 0.0674 e. The van der Waals surface area contributed by atoms with Crippen molar-refractivity contribution in [3.8, 4) is 0 Å². The fourth-order valence-electron chi connectivity index (χ4n) is 0.601. The average Bonchev–Trinajstić information content (AvgIpc) is 1.47. The molecule has 0 spiro atoms. The number of hydrogen-bond acceptors (Lipinski definition) is 0. The Morgan fingerprint density at radius 3 is 1.38 bits per heavy atom. The van der Waals surface area contributed by atoms with Gasteiger partial charge in [-0.15, -0.1) is 0 Å². The van der Waals surface area contributed by atoms with Crippen LogP contribution in [0.5, 0.6) is 0 Å². The molecule has 0 saturated carbocycles. The first-order chi connectivity index (χ1) is 3.97. The normalized spacial score (nSPS) is 25.0. The van der Waals surface area contributed by atoms with Crippen molar-refractivity contribution in [3.05, 3.63) is 23.8 Å². The Morgan fingerprint density at radius 2 is 1.25 bits per heavy atom. The third-order valence-electron chi connectivity index (χ3n) is 1.15. The quantitative estimate of drug-likeness (QED) is 0.487. The first-order valence-electron chi connectivity index (χ1n) is 2.46. The summed E-state index contributed by atoms with van der Waals surface area (Å²) < 4.78 is 0. The van der Waals surface area contributed by atoms with Crippen molar-refractivity contribution in [2.45, 2.75) is 0 Å². The second-order valence-corrected chi connectivity index (χ2v) is 3.74. The van der Waals surface area contributed by atoms with E-state index in [1.165, 1.54) is 27.0 Å². The molecular weight excluding hydrogens is 134 g/mol. The molecule has 2 aliphatic rings. The summed E-state index contributed by atoms with van der Waals surface area (Å²) in [4.78, 5) is 0. The third-order valence-corrected chi connectivity index (χ3v) is 3.26. The van der Waals surface area contributed by atoms with Gasteiger partial charge in [0.1, 0.15) is 0 Å². The van der Waals surface area contributed by atoms with E-state index in [4.69, 9.17) is 0 Å². The highest BCUT2D eigenvalue weighted by Crippen LogP contribution is 2.24. The smallest absolute Gasteiger partial charge is 0.0140 e. The van der Waals surface area contributed by atoms with Gasteiger partial charge in [-0.3, -0.25) is 0 Å². The maximum Gasteiger partial charge on any atom is 0.0140 e. The maximum absolute atomic E-state index is 2.19. The van der Waals surface area contributed by atoms with Crippen molar-refractivity contribution in [1.29, 1.82) is 0 Å². The lowest BCUT2D eigenvalue weighted by atomic mass is 10.3. The van der Waals surface area contributed by atoms with Crippen molar-refractivity contribution >= 4 is 27.0 Å². The molecule has 0 radical (unpaired) electrons. The van der Waals surface area contributed by atoms with Crippen LogP contribution in [0, 0.1) is 0 Å². The summed E-state index contributed by atoms with van der Waals surface area (Å²) in [5.41, 5.74) is 0. The average molecular weight is 138 g/mol. The summed E-state index contributed by atoms with van der Waals surface area (Å²) >= 11 is 0. The Bertz CT molecular complexity index is 205. The van der Waals surface area contributed by atoms with E-state index in [2.05, 4.69) is 23.8 Å². The van der Waals surface area contributed by atoms with E-state index < -0.39 is 0 Å². The molecule has 0 bridgehead atoms. The lowest BCUT2D eigenvalue weighted by molar-refractivity contribution is 2.27. The fourth-order valence-corrected chi connectivity index (χ4v) is 1.96. The molecule has 0 N–H and O–H groups in total. The summed E-state index contributed by atoms with van der Waals surface area (Å²) in [6.45, 7) is 0. The van der Waals surface area contributed by atoms with Crippen LogP contribution in [0.15, 0.2) is 23.8 Å². The van der Waals surface area contributed by atoms with Gasteiger partial charge in [-0.1, -0.05) is 16.4 Å². The molecule has 38 valence electrons. The monoisotopic (exact) mass is 138 g/mol.